The van der Waals surface area contributed by atoms with Gasteiger partial charge in [-0.05, 0) is 73.6 Å². The lowest BCUT2D eigenvalue weighted by Crippen LogP contribution is -2.48. The van der Waals surface area contributed by atoms with E-state index < -0.39 is 4.92 Å². The molecule has 0 N–H and O–H groups in total. The Bertz CT molecular complexity index is 1290. The Hall–Kier alpha value is -3.72. The molecule has 3 aliphatic rings. The van der Waals surface area contributed by atoms with Crippen LogP contribution in [-0.2, 0) is 16.1 Å². The fourth-order valence-electron chi connectivity index (χ4n) is 7.74. The van der Waals surface area contributed by atoms with Crippen LogP contribution >= 0.6 is 0 Å². The maximum Gasteiger partial charge on any atom is 0.410 e. The monoisotopic (exact) mass is 616 g/mol. The number of likely N-dealkylation sites (tertiary alicyclic amines) is 1. The third-order valence-electron chi connectivity index (χ3n) is 10.3. The number of benzene rings is 2. The van der Waals surface area contributed by atoms with Gasteiger partial charge in [0.05, 0.1) is 4.92 Å². The predicted octanol–water partition coefficient (Wildman–Crippen LogP) is 6.78. The number of hydrogen-bond acceptors (Lipinski definition) is 6. The van der Waals surface area contributed by atoms with Crippen LogP contribution in [0.15, 0.2) is 67.3 Å². The molecule has 1 saturated heterocycles. The van der Waals surface area contributed by atoms with E-state index in [9.17, 15) is 19.7 Å². The number of non-ortho nitro benzene ring substituents is 1. The minimum atomic E-state index is -0.446. The summed E-state index contributed by atoms with van der Waals surface area (Å²) in [5.74, 6) is 1.42. The lowest BCUT2D eigenvalue weighted by atomic mass is 9.88. The van der Waals surface area contributed by atoms with Crippen LogP contribution in [0.25, 0.3) is 0 Å². The molecule has 1 aliphatic heterocycles. The summed E-state index contributed by atoms with van der Waals surface area (Å²) >= 11 is 0. The fourth-order valence-corrected chi connectivity index (χ4v) is 7.74. The molecule has 0 bridgehead atoms. The molecule has 3 fully saturated rings. The Morgan fingerprint density at radius 1 is 0.978 bits per heavy atom. The Balaban J connectivity index is 1.17. The molecule has 0 spiro atoms. The first-order valence-electron chi connectivity index (χ1n) is 16.7. The average molecular weight is 617 g/mol. The molecule has 0 aromatic heterocycles. The van der Waals surface area contributed by atoms with Crippen molar-refractivity contribution in [2.75, 3.05) is 33.2 Å². The number of carbonyl (C=O) groups is 2. The molecule has 0 radical (unpaired) electrons. The Morgan fingerprint density at radius 3 is 2.31 bits per heavy atom. The summed E-state index contributed by atoms with van der Waals surface area (Å²) < 4.78 is 5.61. The lowest BCUT2D eigenvalue weighted by molar-refractivity contribution is -0.384. The standard InChI is InChI=1S/C36H48N4O5/c1-3-20-39(36(42)45-26-27-14-16-32(17-15-27)40(43)44)31-18-21-38(22-19-31)25-30-23-33(24-34(30)28-10-6-4-7-11-28)37(2)35(41)29-12-8-5-9-13-29/h3-4,6-7,10-11,14-17,29-31,33-34H,1,5,8-9,12-13,18-26H2,2H3/t30-,33-,34-/m1/s1. The second-order valence-electron chi connectivity index (χ2n) is 13.1. The van der Waals surface area contributed by atoms with Crippen molar-refractivity contribution in [1.82, 2.24) is 14.7 Å². The van der Waals surface area contributed by atoms with Gasteiger partial charge in [0, 0.05) is 63.4 Å². The molecule has 2 saturated carbocycles. The van der Waals surface area contributed by atoms with Crippen LogP contribution in [0.2, 0.25) is 0 Å². The highest BCUT2D eigenvalue weighted by molar-refractivity contribution is 5.79. The molecule has 9 heteroatoms. The third kappa shape index (κ3) is 8.31. The van der Waals surface area contributed by atoms with Crippen LogP contribution in [0.1, 0.15) is 74.8 Å². The Morgan fingerprint density at radius 2 is 1.67 bits per heavy atom. The molecule has 2 aromatic carbocycles. The van der Waals surface area contributed by atoms with Gasteiger partial charge in [-0.3, -0.25) is 14.9 Å². The summed E-state index contributed by atoms with van der Waals surface area (Å²) in [6, 6.07) is 17.2. The van der Waals surface area contributed by atoms with Gasteiger partial charge in [-0.25, -0.2) is 4.79 Å². The molecule has 1 heterocycles. The summed E-state index contributed by atoms with van der Waals surface area (Å²) in [6.07, 6.45) is 10.7. The minimum Gasteiger partial charge on any atom is -0.445 e. The van der Waals surface area contributed by atoms with Gasteiger partial charge in [-0.1, -0.05) is 55.7 Å². The molecule has 9 nitrogen and oxygen atoms in total. The van der Waals surface area contributed by atoms with Crippen LogP contribution in [0.5, 0.6) is 0 Å². The van der Waals surface area contributed by atoms with Crippen LogP contribution in [-0.4, -0.2) is 76.9 Å². The van der Waals surface area contributed by atoms with Crippen molar-refractivity contribution in [3.63, 3.8) is 0 Å². The predicted molar refractivity (Wildman–Crippen MR) is 175 cm³/mol. The molecular weight excluding hydrogens is 568 g/mol. The first-order valence-corrected chi connectivity index (χ1v) is 16.7. The molecule has 0 unspecified atom stereocenters. The van der Waals surface area contributed by atoms with Gasteiger partial charge >= 0.3 is 6.09 Å². The van der Waals surface area contributed by atoms with Crippen molar-refractivity contribution in [3.05, 3.63) is 88.5 Å². The van der Waals surface area contributed by atoms with Crippen molar-refractivity contribution in [2.24, 2.45) is 11.8 Å². The molecule has 2 aliphatic carbocycles. The van der Waals surface area contributed by atoms with E-state index in [1.165, 1.54) is 37.0 Å². The first-order chi connectivity index (χ1) is 21.8. The second kappa shape index (κ2) is 15.5. The number of amides is 2. The maximum absolute atomic E-state index is 13.4. The summed E-state index contributed by atoms with van der Waals surface area (Å²) in [4.78, 5) is 43.4. The molecule has 5 rings (SSSR count). The highest BCUT2D eigenvalue weighted by Gasteiger charge is 2.41. The van der Waals surface area contributed by atoms with Crippen LogP contribution in [0.3, 0.4) is 0 Å². The number of nitrogens with zero attached hydrogens (tertiary/aromatic N) is 4. The van der Waals surface area contributed by atoms with Gasteiger partial charge in [0.25, 0.3) is 5.69 Å². The molecular formula is C36H48N4O5. The lowest BCUT2D eigenvalue weighted by Gasteiger charge is -2.39. The number of ether oxygens (including phenoxy) is 1. The topological polar surface area (TPSA) is 96.2 Å². The molecule has 3 atom stereocenters. The summed E-state index contributed by atoms with van der Waals surface area (Å²) in [6.45, 7) is 7.10. The number of carbonyl (C=O) groups excluding carboxylic acids is 2. The minimum absolute atomic E-state index is 0.00768. The van der Waals surface area contributed by atoms with Gasteiger partial charge in [-0.2, -0.15) is 0 Å². The SMILES string of the molecule is C=CCN(C(=O)OCc1ccc([N+](=O)[O-])cc1)C1CCN(C[C@H]2C[C@@H](N(C)C(=O)C3CCCCC3)C[C@@H]2c2ccccc2)CC1. The van der Waals surface area contributed by atoms with Gasteiger partial charge in [0.15, 0.2) is 0 Å². The van der Waals surface area contributed by atoms with Gasteiger partial charge < -0.3 is 19.4 Å². The molecule has 2 amide bonds. The number of nitro benzene ring substituents is 1. The van der Waals surface area contributed by atoms with Crippen molar-refractivity contribution >= 4 is 17.7 Å². The van der Waals surface area contributed by atoms with E-state index in [-0.39, 0.29) is 36.4 Å². The van der Waals surface area contributed by atoms with Crippen molar-refractivity contribution in [3.8, 4) is 0 Å². The van der Waals surface area contributed by atoms with Crippen LogP contribution in [0.4, 0.5) is 10.5 Å². The third-order valence-corrected chi connectivity index (χ3v) is 10.3. The van der Waals surface area contributed by atoms with Crippen LogP contribution < -0.4 is 0 Å². The zero-order valence-electron chi connectivity index (χ0n) is 26.6. The summed E-state index contributed by atoms with van der Waals surface area (Å²) in [5, 5.41) is 10.9. The molecule has 2 aromatic rings. The van der Waals surface area contributed by atoms with Crippen molar-refractivity contribution in [1.29, 1.82) is 0 Å². The van der Waals surface area contributed by atoms with Gasteiger partial charge in [-0.15, -0.1) is 6.58 Å². The van der Waals surface area contributed by atoms with E-state index >= 15 is 0 Å². The highest BCUT2D eigenvalue weighted by atomic mass is 16.6. The normalized spacial score (nSPS) is 22.9. The Kier molecular flexibility index (Phi) is 11.3. The summed E-state index contributed by atoms with van der Waals surface area (Å²) in [5.41, 5.74) is 2.08. The largest absolute Gasteiger partial charge is 0.445 e. The first kappa shape index (κ1) is 32.7. The van der Waals surface area contributed by atoms with Crippen molar-refractivity contribution in [2.45, 2.75) is 82.4 Å². The van der Waals surface area contributed by atoms with E-state index in [4.69, 9.17) is 4.74 Å². The zero-order chi connectivity index (χ0) is 31.8. The van der Waals surface area contributed by atoms with E-state index in [1.807, 2.05) is 7.05 Å². The number of piperidine rings is 1. The number of rotatable bonds is 11. The van der Waals surface area contributed by atoms with E-state index in [2.05, 4.69) is 46.7 Å². The summed E-state index contributed by atoms with van der Waals surface area (Å²) in [7, 11) is 2.03. The van der Waals surface area contributed by atoms with Gasteiger partial charge in [0.1, 0.15) is 6.61 Å². The highest BCUT2D eigenvalue weighted by Crippen LogP contribution is 2.43. The fraction of sp³-hybridized carbons (Fsp3) is 0.556. The number of hydrogen-bond donors (Lipinski definition) is 0. The van der Waals surface area contributed by atoms with E-state index in [1.54, 1.807) is 23.1 Å². The smallest absolute Gasteiger partial charge is 0.410 e. The van der Waals surface area contributed by atoms with E-state index in [0.29, 0.717) is 29.9 Å². The molecule has 45 heavy (non-hydrogen) atoms. The molecule has 242 valence electrons. The van der Waals surface area contributed by atoms with Crippen LogP contribution in [0, 0.1) is 22.0 Å². The quantitative estimate of drug-likeness (QED) is 0.157. The zero-order valence-corrected chi connectivity index (χ0v) is 26.6. The second-order valence-corrected chi connectivity index (χ2v) is 13.1. The van der Waals surface area contributed by atoms with Crippen molar-refractivity contribution < 1.29 is 19.2 Å². The maximum atomic E-state index is 13.4. The van der Waals surface area contributed by atoms with E-state index in [0.717, 1.165) is 58.2 Å². The number of nitro groups is 1. The van der Waals surface area contributed by atoms with Gasteiger partial charge in [0.2, 0.25) is 5.91 Å². The average Bonchev–Trinajstić information content (AvgIpc) is 3.50. The Labute approximate surface area is 267 Å².